The van der Waals surface area contributed by atoms with Crippen LogP contribution in [0.2, 0.25) is 5.02 Å². The van der Waals surface area contributed by atoms with E-state index in [1.807, 2.05) is 62.5 Å². The molecule has 0 aliphatic carbocycles. The number of hydrogen-bond acceptors (Lipinski definition) is 5. The predicted molar refractivity (Wildman–Crippen MR) is 133 cm³/mol. The molecule has 5 nitrogen and oxygen atoms in total. The molecule has 1 fully saturated rings. The van der Waals surface area contributed by atoms with E-state index in [-0.39, 0.29) is 5.91 Å². The molecular formula is C25H28ClN3O2S. The van der Waals surface area contributed by atoms with Gasteiger partial charge in [0, 0.05) is 28.4 Å². The number of aromatic nitrogens is 1. The van der Waals surface area contributed by atoms with Crippen LogP contribution in [0.25, 0.3) is 10.4 Å². The number of rotatable bonds is 5. The minimum atomic E-state index is -0.641. The van der Waals surface area contributed by atoms with E-state index in [1.165, 1.54) is 11.3 Å². The second-order valence-electron chi connectivity index (χ2n) is 8.94. The van der Waals surface area contributed by atoms with Crippen molar-refractivity contribution in [3.8, 4) is 10.4 Å². The van der Waals surface area contributed by atoms with Crippen molar-refractivity contribution in [2.45, 2.75) is 39.2 Å². The molecule has 3 aromatic rings. The first-order valence-electron chi connectivity index (χ1n) is 10.8. The first-order valence-corrected chi connectivity index (χ1v) is 12.1. The molecule has 3 heterocycles. The minimum Gasteiger partial charge on any atom is -0.390 e. The normalized spacial score (nSPS) is 15.1. The molecule has 7 heteroatoms. The van der Waals surface area contributed by atoms with Gasteiger partial charge >= 0.3 is 0 Å². The second kappa shape index (κ2) is 9.22. The van der Waals surface area contributed by atoms with E-state index in [2.05, 4.69) is 15.2 Å². The third-order valence-electron chi connectivity index (χ3n) is 6.09. The fourth-order valence-electron chi connectivity index (χ4n) is 4.19. The Morgan fingerprint density at radius 1 is 1.22 bits per heavy atom. The van der Waals surface area contributed by atoms with Gasteiger partial charge in [0.15, 0.2) is 0 Å². The molecule has 0 unspecified atom stereocenters. The molecule has 32 heavy (non-hydrogen) atoms. The number of hydrogen-bond donors (Lipinski definition) is 2. The number of thiophene rings is 1. The summed E-state index contributed by atoms with van der Waals surface area (Å²) < 4.78 is 0. The van der Waals surface area contributed by atoms with E-state index < -0.39 is 5.60 Å². The lowest BCUT2D eigenvalue weighted by Crippen LogP contribution is -2.42. The summed E-state index contributed by atoms with van der Waals surface area (Å²) in [5.74, 6) is 1.10. The average Bonchev–Trinajstić information content (AvgIpc) is 3.24. The van der Waals surface area contributed by atoms with Crippen LogP contribution in [0, 0.1) is 12.8 Å². The first kappa shape index (κ1) is 22.8. The number of pyridine rings is 1. The van der Waals surface area contributed by atoms with Crippen LogP contribution in [-0.2, 0) is 0 Å². The Morgan fingerprint density at radius 2 is 1.91 bits per heavy atom. The highest BCUT2D eigenvalue weighted by Gasteiger charge is 2.31. The zero-order valence-corrected chi connectivity index (χ0v) is 20.1. The number of piperidine rings is 1. The van der Waals surface area contributed by atoms with Crippen molar-refractivity contribution in [1.29, 1.82) is 0 Å². The highest BCUT2D eigenvalue weighted by molar-refractivity contribution is 7.13. The third-order valence-corrected chi connectivity index (χ3v) is 7.32. The van der Waals surface area contributed by atoms with Crippen LogP contribution in [0.1, 0.15) is 42.6 Å². The van der Waals surface area contributed by atoms with Gasteiger partial charge in [-0.25, -0.2) is 4.98 Å². The minimum absolute atomic E-state index is 0.151. The number of halogens is 1. The number of nitrogens with one attached hydrogen (secondary N) is 1. The van der Waals surface area contributed by atoms with Crippen LogP contribution in [0.5, 0.6) is 0 Å². The van der Waals surface area contributed by atoms with Gasteiger partial charge in [0.05, 0.1) is 23.0 Å². The largest absolute Gasteiger partial charge is 0.390 e. The Balaban J connectivity index is 1.41. The summed E-state index contributed by atoms with van der Waals surface area (Å²) in [6, 6.07) is 11.5. The number of benzene rings is 1. The number of aryl methyl sites for hydroxylation is 1. The van der Waals surface area contributed by atoms with Crippen LogP contribution in [0.15, 0.2) is 48.0 Å². The molecule has 0 radical (unpaired) electrons. The summed E-state index contributed by atoms with van der Waals surface area (Å²) >= 11 is 7.49. The fraction of sp³-hybridized carbons (Fsp3) is 0.360. The van der Waals surface area contributed by atoms with Gasteiger partial charge in [0.2, 0.25) is 0 Å². The molecule has 168 valence electrons. The summed E-state index contributed by atoms with van der Waals surface area (Å²) in [7, 11) is 0. The lowest BCUT2D eigenvalue weighted by molar-refractivity contribution is 0.00645. The summed E-state index contributed by atoms with van der Waals surface area (Å²) in [6.45, 7) is 7.54. The highest BCUT2D eigenvalue weighted by Crippen LogP contribution is 2.32. The van der Waals surface area contributed by atoms with Gasteiger partial charge < -0.3 is 15.3 Å². The van der Waals surface area contributed by atoms with Crippen molar-refractivity contribution in [3.63, 3.8) is 0 Å². The van der Waals surface area contributed by atoms with E-state index in [4.69, 9.17) is 11.6 Å². The summed E-state index contributed by atoms with van der Waals surface area (Å²) in [5, 5.41) is 15.8. The van der Waals surface area contributed by atoms with Crippen LogP contribution in [-0.4, -0.2) is 34.7 Å². The number of anilines is 2. The maximum Gasteiger partial charge on any atom is 0.256 e. The van der Waals surface area contributed by atoms with Crippen molar-refractivity contribution in [2.24, 2.45) is 5.92 Å². The zero-order valence-electron chi connectivity index (χ0n) is 18.6. The SMILES string of the molecule is Cc1cc(NC(=O)c2csc(-c3ccc(Cl)cc3)c2)cnc1N1CCC(C(C)(C)O)CC1. The quantitative estimate of drug-likeness (QED) is 0.480. The summed E-state index contributed by atoms with van der Waals surface area (Å²) in [6.07, 6.45) is 3.60. The average molecular weight is 470 g/mol. The maximum absolute atomic E-state index is 12.8. The van der Waals surface area contributed by atoms with Crippen molar-refractivity contribution >= 4 is 40.4 Å². The standard InChI is InChI=1S/C25H28ClN3O2S/c1-16-12-21(14-27-23(16)29-10-8-19(9-11-29)25(2,3)31)28-24(30)18-13-22(32-15-18)17-4-6-20(26)7-5-17/h4-7,12-15,19,31H,8-11H2,1-3H3,(H,28,30). The van der Waals surface area contributed by atoms with E-state index in [1.54, 1.807) is 6.20 Å². The summed E-state index contributed by atoms with van der Waals surface area (Å²) in [5.41, 5.74) is 2.72. The third kappa shape index (κ3) is 5.14. The number of carbonyl (C=O) groups excluding carboxylic acids is 1. The van der Waals surface area contributed by atoms with Gasteiger partial charge in [0.25, 0.3) is 5.91 Å². The molecule has 1 amide bonds. The highest BCUT2D eigenvalue weighted by atomic mass is 35.5. The Labute approximate surface area is 198 Å². The fourth-order valence-corrected chi connectivity index (χ4v) is 5.21. The molecule has 1 saturated heterocycles. The maximum atomic E-state index is 12.8. The number of aliphatic hydroxyl groups is 1. The molecule has 2 aromatic heterocycles. The van der Waals surface area contributed by atoms with Crippen LogP contribution < -0.4 is 10.2 Å². The van der Waals surface area contributed by atoms with Gasteiger partial charge in [-0.05, 0) is 74.9 Å². The Kier molecular flexibility index (Phi) is 6.56. The van der Waals surface area contributed by atoms with Crippen molar-refractivity contribution < 1.29 is 9.90 Å². The second-order valence-corrected chi connectivity index (χ2v) is 10.3. The number of carbonyl (C=O) groups is 1. The Bertz CT molecular complexity index is 1100. The van der Waals surface area contributed by atoms with Gasteiger partial charge in [-0.2, -0.15) is 0 Å². The molecule has 0 atom stereocenters. The van der Waals surface area contributed by atoms with Crippen molar-refractivity contribution in [2.75, 3.05) is 23.3 Å². The topological polar surface area (TPSA) is 65.5 Å². The molecule has 1 aliphatic rings. The predicted octanol–water partition coefficient (Wildman–Crippen LogP) is 6.01. The van der Waals surface area contributed by atoms with Crippen LogP contribution in [0.3, 0.4) is 0 Å². The van der Waals surface area contributed by atoms with E-state index in [0.29, 0.717) is 22.2 Å². The van der Waals surface area contributed by atoms with E-state index in [0.717, 1.165) is 47.8 Å². The van der Waals surface area contributed by atoms with Crippen LogP contribution >= 0.6 is 22.9 Å². The molecule has 2 N–H and O–H groups in total. The molecule has 1 aliphatic heterocycles. The molecule has 0 bridgehead atoms. The number of nitrogens with zero attached hydrogens (tertiary/aromatic N) is 2. The molecule has 1 aromatic carbocycles. The molecule has 4 rings (SSSR count). The Morgan fingerprint density at radius 3 is 2.53 bits per heavy atom. The summed E-state index contributed by atoms with van der Waals surface area (Å²) in [4.78, 5) is 20.7. The van der Waals surface area contributed by atoms with Gasteiger partial charge in [0.1, 0.15) is 5.82 Å². The van der Waals surface area contributed by atoms with Crippen molar-refractivity contribution in [3.05, 3.63) is 64.1 Å². The molecular weight excluding hydrogens is 442 g/mol. The molecule has 0 saturated carbocycles. The van der Waals surface area contributed by atoms with E-state index >= 15 is 0 Å². The van der Waals surface area contributed by atoms with E-state index in [9.17, 15) is 9.90 Å². The first-order chi connectivity index (χ1) is 15.2. The smallest absolute Gasteiger partial charge is 0.256 e. The van der Waals surface area contributed by atoms with Gasteiger partial charge in [-0.15, -0.1) is 11.3 Å². The van der Waals surface area contributed by atoms with Gasteiger partial charge in [-0.1, -0.05) is 23.7 Å². The lowest BCUT2D eigenvalue weighted by atomic mass is 9.83. The number of amides is 1. The monoisotopic (exact) mass is 469 g/mol. The lowest BCUT2D eigenvalue weighted by Gasteiger charge is -2.38. The van der Waals surface area contributed by atoms with Crippen molar-refractivity contribution in [1.82, 2.24) is 4.98 Å². The Hall–Kier alpha value is -2.41. The van der Waals surface area contributed by atoms with Crippen LogP contribution in [0.4, 0.5) is 11.5 Å². The zero-order chi connectivity index (χ0) is 22.9. The molecule has 0 spiro atoms. The van der Waals surface area contributed by atoms with Gasteiger partial charge in [-0.3, -0.25) is 4.79 Å².